The molecule has 0 saturated heterocycles. The Hall–Kier alpha value is -1.35. The van der Waals surface area contributed by atoms with Crippen LogP contribution in [0.2, 0.25) is 0 Å². The van der Waals surface area contributed by atoms with Crippen LogP contribution in [0, 0.1) is 6.92 Å². The Bertz CT molecular complexity index is 503. The molecule has 0 spiro atoms. The van der Waals surface area contributed by atoms with Crippen molar-refractivity contribution in [1.29, 1.82) is 0 Å². The van der Waals surface area contributed by atoms with E-state index in [0.29, 0.717) is 38.6 Å². The molecule has 2 aromatic rings. The van der Waals surface area contributed by atoms with Crippen LogP contribution in [-0.4, -0.2) is 52.6 Å². The molecule has 0 saturated carbocycles. The van der Waals surface area contributed by atoms with Crippen LogP contribution in [0.15, 0.2) is 16.4 Å². The summed E-state index contributed by atoms with van der Waals surface area (Å²) in [5.41, 5.74) is 2.90. The van der Waals surface area contributed by atoms with E-state index in [0.717, 1.165) is 12.1 Å². The second-order valence-corrected chi connectivity index (χ2v) is 5.57. The van der Waals surface area contributed by atoms with E-state index in [-0.39, 0.29) is 0 Å². The second-order valence-electron chi connectivity index (χ2n) is 4.63. The quantitative estimate of drug-likeness (QED) is 0.620. The third-order valence-corrected chi connectivity index (χ3v) is 3.93. The molecule has 0 fully saturated rings. The average Bonchev–Trinajstić information content (AvgIpc) is 3.12. The first-order valence-corrected chi connectivity index (χ1v) is 7.74. The third kappa shape index (κ3) is 5.88. The predicted octanol–water partition coefficient (Wildman–Crippen LogP) is 0.587. The Labute approximate surface area is 127 Å². The number of hydrogen-bond donors (Lipinski definition) is 2. The molecule has 7 nitrogen and oxygen atoms in total. The van der Waals surface area contributed by atoms with Crippen molar-refractivity contribution in [2.45, 2.75) is 25.9 Å². The average molecular weight is 312 g/mol. The molecule has 0 aromatic carbocycles. The van der Waals surface area contributed by atoms with Gasteiger partial charge in [-0.05, 0) is 6.92 Å². The van der Waals surface area contributed by atoms with Gasteiger partial charge in [-0.3, -0.25) is 0 Å². The van der Waals surface area contributed by atoms with E-state index in [2.05, 4.69) is 20.4 Å². The molecule has 0 amide bonds. The third-order valence-electron chi connectivity index (χ3n) is 2.93. The van der Waals surface area contributed by atoms with Crippen LogP contribution >= 0.6 is 11.3 Å². The molecule has 2 N–H and O–H groups in total. The van der Waals surface area contributed by atoms with Gasteiger partial charge in [0.25, 0.3) is 0 Å². The fourth-order valence-electron chi connectivity index (χ4n) is 1.78. The summed E-state index contributed by atoms with van der Waals surface area (Å²) in [6.07, 6.45) is 2.35. The maximum Gasteiger partial charge on any atom is 0.227 e. The highest BCUT2D eigenvalue weighted by Gasteiger charge is 2.06. The van der Waals surface area contributed by atoms with Crippen molar-refractivity contribution in [3.05, 3.63) is 28.3 Å². The molecule has 0 bridgehead atoms. The molecule has 2 heterocycles. The normalized spacial score (nSPS) is 12.7. The van der Waals surface area contributed by atoms with Crippen LogP contribution in [0.5, 0.6) is 0 Å². The van der Waals surface area contributed by atoms with Crippen molar-refractivity contribution < 1.29 is 14.4 Å². The zero-order chi connectivity index (χ0) is 14.9. The monoisotopic (exact) mass is 312 g/mol. The number of aryl methyl sites for hydroxylation is 1. The molecule has 1 unspecified atom stereocenters. The smallest absolute Gasteiger partial charge is 0.227 e. The van der Waals surface area contributed by atoms with Crippen LogP contribution in [0.3, 0.4) is 0 Å². The molecule has 8 heteroatoms. The molecule has 2 aromatic heterocycles. The Kier molecular flexibility index (Phi) is 6.74. The van der Waals surface area contributed by atoms with Gasteiger partial charge < -0.3 is 19.7 Å². The minimum Gasteiger partial charge on any atom is -0.389 e. The van der Waals surface area contributed by atoms with Crippen molar-refractivity contribution in [3.63, 3.8) is 0 Å². The summed E-state index contributed by atoms with van der Waals surface area (Å²) in [7, 11) is 0. The number of thiazole rings is 1. The minimum absolute atomic E-state index is 0.325. The Morgan fingerprint density at radius 3 is 3.05 bits per heavy atom. The SMILES string of the molecule is Cc1ncsc1CCOCC(O)CNCCc1ncno1. The number of aliphatic hydroxyl groups excluding tert-OH is 1. The van der Waals surface area contributed by atoms with Gasteiger partial charge in [-0.25, -0.2) is 4.98 Å². The van der Waals surface area contributed by atoms with Crippen molar-refractivity contribution in [2.24, 2.45) is 0 Å². The van der Waals surface area contributed by atoms with E-state index in [1.165, 1.54) is 11.2 Å². The van der Waals surface area contributed by atoms with Gasteiger partial charge in [-0.1, -0.05) is 5.16 Å². The number of ether oxygens (including phenoxy) is 1. The number of aliphatic hydroxyl groups is 1. The highest BCUT2D eigenvalue weighted by atomic mass is 32.1. The number of hydrogen-bond acceptors (Lipinski definition) is 8. The molecular formula is C13H20N4O3S. The fourth-order valence-corrected chi connectivity index (χ4v) is 2.54. The highest BCUT2D eigenvalue weighted by Crippen LogP contribution is 2.12. The van der Waals surface area contributed by atoms with Crippen LogP contribution in [-0.2, 0) is 17.6 Å². The number of nitrogens with one attached hydrogen (secondary N) is 1. The first-order valence-electron chi connectivity index (χ1n) is 6.86. The molecule has 0 radical (unpaired) electrons. The maximum absolute atomic E-state index is 9.77. The number of aromatic nitrogens is 3. The molecule has 1 atom stereocenters. The molecule has 116 valence electrons. The van der Waals surface area contributed by atoms with Crippen molar-refractivity contribution in [3.8, 4) is 0 Å². The van der Waals surface area contributed by atoms with E-state index in [1.54, 1.807) is 11.3 Å². The van der Waals surface area contributed by atoms with E-state index >= 15 is 0 Å². The van der Waals surface area contributed by atoms with E-state index < -0.39 is 6.10 Å². The Morgan fingerprint density at radius 2 is 2.33 bits per heavy atom. The summed E-state index contributed by atoms with van der Waals surface area (Å²) >= 11 is 1.64. The standard InChI is InChI=1S/C13H20N4O3S/c1-10-12(21-9-16-10)3-5-19-7-11(18)6-14-4-2-13-15-8-17-20-13/h8-9,11,14,18H,2-7H2,1H3. The van der Waals surface area contributed by atoms with Gasteiger partial charge in [-0.15, -0.1) is 11.3 Å². The topological polar surface area (TPSA) is 93.3 Å². The zero-order valence-electron chi connectivity index (χ0n) is 12.0. The molecule has 21 heavy (non-hydrogen) atoms. The van der Waals surface area contributed by atoms with E-state index in [4.69, 9.17) is 9.26 Å². The minimum atomic E-state index is -0.518. The van der Waals surface area contributed by atoms with Gasteiger partial charge in [-0.2, -0.15) is 4.98 Å². The summed E-state index contributed by atoms with van der Waals surface area (Å²) < 4.78 is 10.3. The second kappa shape index (κ2) is 8.83. The largest absolute Gasteiger partial charge is 0.389 e. The van der Waals surface area contributed by atoms with Crippen molar-refractivity contribution >= 4 is 11.3 Å². The number of nitrogens with zero attached hydrogens (tertiary/aromatic N) is 3. The lowest BCUT2D eigenvalue weighted by atomic mass is 10.3. The van der Waals surface area contributed by atoms with Crippen molar-refractivity contribution in [1.82, 2.24) is 20.4 Å². The van der Waals surface area contributed by atoms with Crippen LogP contribution in [0.1, 0.15) is 16.5 Å². The summed E-state index contributed by atoms with van der Waals surface area (Å²) in [4.78, 5) is 9.34. The van der Waals surface area contributed by atoms with Gasteiger partial charge in [0.05, 0.1) is 30.5 Å². The van der Waals surface area contributed by atoms with Gasteiger partial charge >= 0.3 is 0 Å². The Balaban J connectivity index is 1.47. The lowest BCUT2D eigenvalue weighted by Crippen LogP contribution is -2.31. The van der Waals surface area contributed by atoms with E-state index in [9.17, 15) is 5.11 Å². The van der Waals surface area contributed by atoms with Gasteiger partial charge in [0.15, 0.2) is 6.33 Å². The molecule has 2 rings (SSSR count). The molecule has 0 aliphatic heterocycles. The summed E-state index contributed by atoms with van der Waals surface area (Å²) in [5, 5.41) is 16.4. The molecule has 0 aliphatic rings. The predicted molar refractivity (Wildman–Crippen MR) is 78.3 cm³/mol. The highest BCUT2D eigenvalue weighted by molar-refractivity contribution is 7.09. The first-order chi connectivity index (χ1) is 10.3. The van der Waals surface area contributed by atoms with E-state index in [1.807, 2.05) is 12.4 Å². The van der Waals surface area contributed by atoms with Gasteiger partial charge in [0.2, 0.25) is 5.89 Å². The van der Waals surface area contributed by atoms with Crippen LogP contribution < -0.4 is 5.32 Å². The lowest BCUT2D eigenvalue weighted by Gasteiger charge is -2.11. The maximum atomic E-state index is 9.77. The first kappa shape index (κ1) is 16.0. The van der Waals surface area contributed by atoms with Crippen LogP contribution in [0.4, 0.5) is 0 Å². The number of rotatable bonds is 10. The van der Waals surface area contributed by atoms with Crippen LogP contribution in [0.25, 0.3) is 0 Å². The summed E-state index contributed by atoms with van der Waals surface area (Å²) in [5.74, 6) is 0.591. The summed E-state index contributed by atoms with van der Waals surface area (Å²) in [6.45, 7) is 4.08. The summed E-state index contributed by atoms with van der Waals surface area (Å²) in [6, 6.07) is 0. The molecule has 0 aliphatic carbocycles. The lowest BCUT2D eigenvalue weighted by molar-refractivity contribution is 0.0386. The van der Waals surface area contributed by atoms with Crippen molar-refractivity contribution in [2.75, 3.05) is 26.3 Å². The van der Waals surface area contributed by atoms with Gasteiger partial charge in [0.1, 0.15) is 0 Å². The zero-order valence-corrected chi connectivity index (χ0v) is 12.8. The van der Waals surface area contributed by atoms with Gasteiger partial charge in [0, 0.05) is 30.8 Å². The molecular weight excluding hydrogens is 292 g/mol. The fraction of sp³-hybridized carbons (Fsp3) is 0.615. The Morgan fingerprint density at radius 1 is 1.43 bits per heavy atom.